The Kier molecular flexibility index (Phi) is 8.79. The molecule has 62 heavy (non-hydrogen) atoms. The van der Waals surface area contributed by atoms with Gasteiger partial charge in [0.25, 0.3) is 6.71 Å². The second-order valence-electron chi connectivity index (χ2n) is 24.1. The minimum absolute atomic E-state index is 0.00792. The molecule has 0 saturated heterocycles. The third-order valence-electron chi connectivity index (χ3n) is 14.2. The molecule has 3 nitrogen and oxygen atoms in total. The molecule has 318 valence electrons. The van der Waals surface area contributed by atoms with E-state index in [1.54, 1.807) is 0 Å². The normalized spacial score (nSPS) is 16.8. The molecule has 3 aromatic heterocycles. The number of thiophene rings is 2. The van der Waals surface area contributed by atoms with E-state index in [4.69, 9.17) is 4.98 Å². The standard InChI is InChI=1S/C56H64BN3S2/c1-51(2,3)32-17-21-35(22-18-32)60-47-38-28-34(53(7,8)9)20-26-43(38)62-49(47)57-45-41(30-44(54(10,11)12)58-50(45)60)59(36-23-24-39-40(29-36)56(15,16)31-55(39,13)14)46-37-27-33(52(4,5)6)19-25-42(37)61-48(46)57/h17-30H,31H2,1-16H3. The Balaban J connectivity index is 1.36. The number of fused-ring (bicyclic) bond motifs is 9. The van der Waals surface area contributed by atoms with Crippen LogP contribution >= 0.6 is 22.7 Å². The van der Waals surface area contributed by atoms with Crippen LogP contribution in [-0.2, 0) is 32.5 Å². The topological polar surface area (TPSA) is 19.4 Å². The fourth-order valence-corrected chi connectivity index (χ4v) is 13.5. The van der Waals surface area contributed by atoms with Crippen LogP contribution in [0, 0.1) is 0 Å². The molecule has 0 N–H and O–H groups in total. The van der Waals surface area contributed by atoms with Gasteiger partial charge >= 0.3 is 0 Å². The van der Waals surface area contributed by atoms with Crippen LogP contribution in [0.3, 0.4) is 0 Å². The van der Waals surface area contributed by atoms with Crippen molar-refractivity contribution in [2.45, 2.75) is 150 Å². The number of rotatable bonds is 2. The first kappa shape index (κ1) is 41.6. The van der Waals surface area contributed by atoms with Crippen molar-refractivity contribution in [2.24, 2.45) is 0 Å². The lowest BCUT2D eigenvalue weighted by molar-refractivity contribution is 0.403. The fraction of sp³-hybridized carbons (Fsp3) is 0.411. The maximum atomic E-state index is 5.87. The van der Waals surface area contributed by atoms with Crippen LogP contribution in [-0.4, -0.2) is 11.7 Å². The van der Waals surface area contributed by atoms with Gasteiger partial charge in [-0.15, -0.1) is 22.7 Å². The Morgan fingerprint density at radius 1 is 0.516 bits per heavy atom. The van der Waals surface area contributed by atoms with Crippen LogP contribution in [0.25, 0.3) is 20.2 Å². The highest BCUT2D eigenvalue weighted by Crippen LogP contribution is 2.54. The van der Waals surface area contributed by atoms with E-state index in [0.717, 1.165) is 23.6 Å². The van der Waals surface area contributed by atoms with Gasteiger partial charge in [0.1, 0.15) is 5.82 Å². The molecule has 0 saturated carbocycles. The number of hydrogen-bond acceptors (Lipinski definition) is 5. The average molecular weight is 854 g/mol. The van der Waals surface area contributed by atoms with Gasteiger partial charge < -0.3 is 4.90 Å². The van der Waals surface area contributed by atoms with Gasteiger partial charge in [0, 0.05) is 52.2 Å². The molecular weight excluding hydrogens is 790 g/mol. The van der Waals surface area contributed by atoms with Crippen LogP contribution in [0.4, 0.5) is 34.3 Å². The van der Waals surface area contributed by atoms with E-state index < -0.39 is 0 Å². The highest BCUT2D eigenvalue weighted by Gasteiger charge is 2.49. The van der Waals surface area contributed by atoms with Gasteiger partial charge in [-0.05, 0) is 121 Å². The minimum Gasteiger partial charge on any atom is -0.310 e. The van der Waals surface area contributed by atoms with Crippen LogP contribution < -0.4 is 24.8 Å². The van der Waals surface area contributed by atoms with Gasteiger partial charge in [-0.2, -0.15) is 0 Å². The summed E-state index contributed by atoms with van der Waals surface area (Å²) in [5.41, 5.74) is 15.7. The van der Waals surface area contributed by atoms with E-state index >= 15 is 0 Å². The first-order chi connectivity index (χ1) is 28.7. The van der Waals surface area contributed by atoms with E-state index in [-0.39, 0.29) is 39.2 Å². The van der Waals surface area contributed by atoms with Crippen LogP contribution in [0.15, 0.2) is 84.9 Å². The third kappa shape index (κ3) is 6.27. The quantitative estimate of drug-likeness (QED) is 0.162. The summed E-state index contributed by atoms with van der Waals surface area (Å²) in [6, 6.07) is 33.8. The average Bonchev–Trinajstić information content (AvgIpc) is 3.79. The predicted molar refractivity (Wildman–Crippen MR) is 274 cm³/mol. The SMILES string of the molecule is CC(C)(C)c1ccc(N2c3nc(C(C)(C)C)cc4c3B(c3sc5ccc(C(C)(C)C)cc5c3N4c3ccc4c(c3)C(C)(C)CC4(C)C)c3sc4ccc(C(C)(C)C)cc4c32)cc1. The van der Waals surface area contributed by atoms with Gasteiger partial charge in [0.15, 0.2) is 0 Å². The smallest absolute Gasteiger partial charge is 0.279 e. The van der Waals surface area contributed by atoms with Crippen molar-refractivity contribution in [2.75, 3.05) is 9.80 Å². The maximum absolute atomic E-state index is 5.87. The second kappa shape index (κ2) is 13.1. The van der Waals surface area contributed by atoms with Gasteiger partial charge in [-0.25, -0.2) is 4.98 Å². The van der Waals surface area contributed by atoms with Crippen molar-refractivity contribution < 1.29 is 0 Å². The monoisotopic (exact) mass is 853 g/mol. The largest absolute Gasteiger partial charge is 0.310 e. The lowest BCUT2D eigenvalue weighted by Crippen LogP contribution is -2.60. The maximum Gasteiger partial charge on any atom is 0.279 e. The summed E-state index contributed by atoms with van der Waals surface area (Å²) in [4.78, 5) is 11.1. The lowest BCUT2D eigenvalue weighted by atomic mass is 9.39. The van der Waals surface area contributed by atoms with Crippen LogP contribution in [0.1, 0.15) is 151 Å². The summed E-state index contributed by atoms with van der Waals surface area (Å²) in [6.07, 6.45) is 1.13. The number of anilines is 6. The minimum atomic E-state index is -0.203. The third-order valence-corrected chi connectivity index (χ3v) is 16.7. The molecule has 1 aliphatic carbocycles. The van der Waals surface area contributed by atoms with Crippen molar-refractivity contribution in [3.8, 4) is 0 Å². The zero-order valence-electron chi connectivity index (χ0n) is 40.0. The predicted octanol–water partition coefficient (Wildman–Crippen LogP) is 14.7. The van der Waals surface area contributed by atoms with Gasteiger partial charge in [0.2, 0.25) is 0 Å². The van der Waals surface area contributed by atoms with E-state index in [1.165, 1.54) is 85.8 Å². The van der Waals surface area contributed by atoms with Gasteiger partial charge in [0.05, 0.1) is 17.1 Å². The Morgan fingerprint density at radius 2 is 1.00 bits per heavy atom. The molecule has 0 atom stereocenters. The second-order valence-corrected chi connectivity index (χ2v) is 26.3. The summed E-state index contributed by atoms with van der Waals surface area (Å²) in [5, 5.41) is 2.66. The number of benzene rings is 4. The first-order valence-electron chi connectivity index (χ1n) is 22.8. The Bertz CT molecular complexity index is 2990. The van der Waals surface area contributed by atoms with E-state index in [0.29, 0.717) is 0 Å². The molecule has 5 heterocycles. The Hall–Kier alpha value is -4.39. The summed E-state index contributed by atoms with van der Waals surface area (Å²) >= 11 is 3.98. The summed E-state index contributed by atoms with van der Waals surface area (Å²) in [6.45, 7) is 37.7. The van der Waals surface area contributed by atoms with Crippen molar-refractivity contribution in [1.82, 2.24) is 4.98 Å². The highest BCUT2D eigenvalue weighted by atomic mass is 32.1. The molecular formula is C56H64BN3S2. The van der Waals surface area contributed by atoms with Crippen molar-refractivity contribution >= 4 is 98.8 Å². The van der Waals surface area contributed by atoms with Crippen molar-refractivity contribution in [3.05, 3.63) is 118 Å². The summed E-state index contributed by atoms with van der Waals surface area (Å²) in [7, 11) is 0. The van der Waals surface area contributed by atoms with Crippen LogP contribution in [0.5, 0.6) is 0 Å². The summed E-state index contributed by atoms with van der Waals surface area (Å²) < 4.78 is 5.49. The molecule has 4 aromatic carbocycles. The molecule has 0 amide bonds. The number of pyridine rings is 1. The molecule has 10 rings (SSSR count). The number of hydrogen-bond donors (Lipinski definition) is 0. The number of nitrogens with zero attached hydrogens (tertiary/aromatic N) is 3. The van der Waals surface area contributed by atoms with Gasteiger partial charge in [-0.3, -0.25) is 4.90 Å². The number of aromatic nitrogens is 1. The van der Waals surface area contributed by atoms with E-state index in [2.05, 4.69) is 206 Å². The highest BCUT2D eigenvalue weighted by molar-refractivity contribution is 7.40. The van der Waals surface area contributed by atoms with E-state index in [9.17, 15) is 0 Å². The Morgan fingerprint density at radius 3 is 1.52 bits per heavy atom. The molecule has 0 spiro atoms. The zero-order valence-corrected chi connectivity index (χ0v) is 41.7. The molecule has 3 aliphatic rings. The molecule has 0 radical (unpaired) electrons. The van der Waals surface area contributed by atoms with Crippen molar-refractivity contribution in [3.63, 3.8) is 0 Å². The molecule has 0 fully saturated rings. The van der Waals surface area contributed by atoms with Crippen LogP contribution in [0.2, 0.25) is 0 Å². The fourth-order valence-electron chi connectivity index (χ4n) is 10.9. The van der Waals surface area contributed by atoms with Crippen molar-refractivity contribution in [1.29, 1.82) is 0 Å². The Labute approximate surface area is 379 Å². The molecule has 0 bridgehead atoms. The molecule has 0 unspecified atom stereocenters. The molecule has 7 aromatic rings. The first-order valence-corrected chi connectivity index (χ1v) is 24.4. The van der Waals surface area contributed by atoms with E-state index in [1.807, 2.05) is 22.7 Å². The molecule has 6 heteroatoms. The zero-order chi connectivity index (χ0) is 44.4. The lowest BCUT2D eigenvalue weighted by Gasteiger charge is -2.42. The molecule has 2 aliphatic heterocycles. The summed E-state index contributed by atoms with van der Waals surface area (Å²) in [5.74, 6) is 1.06. The van der Waals surface area contributed by atoms with Gasteiger partial charge in [-0.1, -0.05) is 141 Å².